The summed E-state index contributed by atoms with van der Waals surface area (Å²) < 4.78 is 23.5. The van der Waals surface area contributed by atoms with Gasteiger partial charge < -0.3 is 15.2 Å². The summed E-state index contributed by atoms with van der Waals surface area (Å²) in [5, 5.41) is 0. The molecular formula is C10H12FNO2. The number of anilines is 1. The van der Waals surface area contributed by atoms with E-state index in [1.807, 2.05) is 0 Å². The van der Waals surface area contributed by atoms with Gasteiger partial charge in [0.05, 0.1) is 18.9 Å². The molecular weight excluding hydrogens is 185 g/mol. The maximum absolute atomic E-state index is 12.8. The maximum atomic E-state index is 12.8. The molecule has 0 amide bonds. The molecule has 0 radical (unpaired) electrons. The molecule has 76 valence electrons. The first-order valence-corrected chi connectivity index (χ1v) is 4.55. The lowest BCUT2D eigenvalue weighted by atomic mass is 10.2. The van der Waals surface area contributed by atoms with E-state index in [2.05, 4.69) is 0 Å². The van der Waals surface area contributed by atoms with Crippen molar-refractivity contribution in [2.45, 2.75) is 12.5 Å². The van der Waals surface area contributed by atoms with Crippen LogP contribution in [0.25, 0.3) is 0 Å². The van der Waals surface area contributed by atoms with Crippen molar-refractivity contribution >= 4 is 5.69 Å². The number of rotatable bonds is 2. The number of hydrogen-bond acceptors (Lipinski definition) is 3. The summed E-state index contributed by atoms with van der Waals surface area (Å²) in [6.07, 6.45) is 0.942. The van der Waals surface area contributed by atoms with Crippen LogP contribution in [-0.4, -0.2) is 19.3 Å². The van der Waals surface area contributed by atoms with Gasteiger partial charge >= 0.3 is 0 Å². The Labute approximate surface area is 81.6 Å². The minimum absolute atomic E-state index is 0.0693. The molecule has 2 rings (SSSR count). The van der Waals surface area contributed by atoms with E-state index in [0.29, 0.717) is 12.4 Å². The van der Waals surface area contributed by atoms with Crippen molar-refractivity contribution < 1.29 is 13.9 Å². The predicted molar refractivity (Wildman–Crippen MR) is 50.7 cm³/mol. The third kappa shape index (κ3) is 1.96. The highest BCUT2D eigenvalue weighted by molar-refractivity contribution is 5.45. The number of ether oxygens (including phenoxy) is 2. The summed E-state index contributed by atoms with van der Waals surface area (Å²) in [5.41, 5.74) is 5.52. The van der Waals surface area contributed by atoms with Gasteiger partial charge in [-0.3, -0.25) is 0 Å². The Hall–Kier alpha value is -1.29. The van der Waals surface area contributed by atoms with Gasteiger partial charge in [0, 0.05) is 12.5 Å². The van der Waals surface area contributed by atoms with Crippen LogP contribution < -0.4 is 10.5 Å². The molecule has 1 aromatic rings. The number of nitrogen functional groups attached to an aromatic ring is 1. The smallest absolute Gasteiger partial charge is 0.146 e. The molecule has 0 aromatic heterocycles. The zero-order chi connectivity index (χ0) is 9.97. The first-order chi connectivity index (χ1) is 6.75. The second-order valence-electron chi connectivity index (χ2n) is 3.29. The average Bonchev–Trinajstić information content (AvgIpc) is 2.64. The Morgan fingerprint density at radius 3 is 3.00 bits per heavy atom. The average molecular weight is 197 g/mol. The SMILES string of the molecule is Nc1cc(OC2CCOC2)ccc1F. The molecule has 0 saturated carbocycles. The van der Waals surface area contributed by atoms with Gasteiger partial charge in [0.2, 0.25) is 0 Å². The van der Waals surface area contributed by atoms with Crippen LogP contribution in [0.4, 0.5) is 10.1 Å². The van der Waals surface area contributed by atoms with Gasteiger partial charge in [0.15, 0.2) is 0 Å². The quantitative estimate of drug-likeness (QED) is 0.732. The number of halogens is 1. The molecule has 0 aliphatic carbocycles. The Bertz CT molecular complexity index is 324. The van der Waals surface area contributed by atoms with Gasteiger partial charge in [-0.1, -0.05) is 0 Å². The summed E-state index contributed by atoms with van der Waals surface area (Å²) in [5.74, 6) is 0.180. The minimum atomic E-state index is -0.417. The van der Waals surface area contributed by atoms with E-state index < -0.39 is 5.82 Å². The van der Waals surface area contributed by atoms with E-state index in [9.17, 15) is 4.39 Å². The first kappa shape index (κ1) is 9.27. The molecule has 1 heterocycles. The van der Waals surface area contributed by atoms with Crippen LogP contribution in [0.3, 0.4) is 0 Å². The van der Waals surface area contributed by atoms with Gasteiger partial charge in [-0.25, -0.2) is 4.39 Å². The summed E-state index contributed by atoms with van der Waals surface area (Å²) >= 11 is 0. The molecule has 1 aromatic carbocycles. The normalized spacial score (nSPS) is 21.1. The maximum Gasteiger partial charge on any atom is 0.146 e. The zero-order valence-corrected chi connectivity index (χ0v) is 7.70. The molecule has 1 fully saturated rings. The molecule has 3 nitrogen and oxygen atoms in total. The van der Waals surface area contributed by atoms with Crippen LogP contribution in [-0.2, 0) is 4.74 Å². The molecule has 1 saturated heterocycles. The van der Waals surface area contributed by atoms with Gasteiger partial charge in [0.25, 0.3) is 0 Å². The molecule has 2 N–H and O–H groups in total. The number of nitrogens with two attached hydrogens (primary N) is 1. The van der Waals surface area contributed by atoms with Crippen LogP contribution >= 0.6 is 0 Å². The lowest BCUT2D eigenvalue weighted by Gasteiger charge is -2.11. The van der Waals surface area contributed by atoms with Crippen molar-refractivity contribution in [1.29, 1.82) is 0 Å². The van der Waals surface area contributed by atoms with Crippen molar-refractivity contribution in [3.8, 4) is 5.75 Å². The van der Waals surface area contributed by atoms with Crippen molar-refractivity contribution in [2.75, 3.05) is 18.9 Å². The molecule has 1 atom stereocenters. The van der Waals surface area contributed by atoms with Crippen LogP contribution in [0.2, 0.25) is 0 Å². The summed E-state index contributed by atoms with van der Waals surface area (Å²) in [6.45, 7) is 1.32. The highest BCUT2D eigenvalue weighted by Crippen LogP contribution is 2.21. The Morgan fingerprint density at radius 1 is 1.50 bits per heavy atom. The predicted octanol–water partition coefficient (Wildman–Crippen LogP) is 1.58. The van der Waals surface area contributed by atoms with Crippen LogP contribution in [0.15, 0.2) is 18.2 Å². The number of benzene rings is 1. The molecule has 0 bridgehead atoms. The van der Waals surface area contributed by atoms with E-state index in [1.165, 1.54) is 12.1 Å². The lowest BCUT2D eigenvalue weighted by Crippen LogP contribution is -2.15. The highest BCUT2D eigenvalue weighted by atomic mass is 19.1. The fourth-order valence-electron chi connectivity index (χ4n) is 1.39. The fourth-order valence-corrected chi connectivity index (χ4v) is 1.39. The summed E-state index contributed by atoms with van der Waals surface area (Å²) in [6, 6.07) is 4.37. The Kier molecular flexibility index (Phi) is 2.54. The van der Waals surface area contributed by atoms with E-state index in [1.54, 1.807) is 6.07 Å². The third-order valence-corrected chi connectivity index (χ3v) is 2.16. The Balaban J connectivity index is 2.05. The first-order valence-electron chi connectivity index (χ1n) is 4.55. The van der Waals surface area contributed by atoms with E-state index in [-0.39, 0.29) is 11.8 Å². The number of hydrogen-bond donors (Lipinski definition) is 1. The molecule has 1 aliphatic rings. The summed E-state index contributed by atoms with van der Waals surface area (Å²) in [7, 11) is 0. The monoisotopic (exact) mass is 197 g/mol. The van der Waals surface area contributed by atoms with Gasteiger partial charge in [-0.2, -0.15) is 0 Å². The second kappa shape index (κ2) is 3.84. The van der Waals surface area contributed by atoms with Crippen LogP contribution in [0, 0.1) is 5.82 Å². The van der Waals surface area contributed by atoms with Crippen LogP contribution in [0.1, 0.15) is 6.42 Å². The largest absolute Gasteiger partial charge is 0.488 e. The van der Waals surface area contributed by atoms with Crippen molar-refractivity contribution in [2.24, 2.45) is 0 Å². The van der Waals surface area contributed by atoms with E-state index in [4.69, 9.17) is 15.2 Å². The van der Waals surface area contributed by atoms with Crippen LogP contribution in [0.5, 0.6) is 5.75 Å². The highest BCUT2D eigenvalue weighted by Gasteiger charge is 2.17. The van der Waals surface area contributed by atoms with E-state index >= 15 is 0 Å². The molecule has 4 heteroatoms. The van der Waals surface area contributed by atoms with Crippen molar-refractivity contribution in [1.82, 2.24) is 0 Å². The molecule has 14 heavy (non-hydrogen) atoms. The second-order valence-corrected chi connectivity index (χ2v) is 3.29. The summed E-state index contributed by atoms with van der Waals surface area (Å²) in [4.78, 5) is 0. The van der Waals surface area contributed by atoms with Gasteiger partial charge in [0.1, 0.15) is 17.7 Å². The third-order valence-electron chi connectivity index (χ3n) is 2.16. The van der Waals surface area contributed by atoms with E-state index in [0.717, 1.165) is 13.0 Å². The van der Waals surface area contributed by atoms with Gasteiger partial charge in [-0.15, -0.1) is 0 Å². The standard InChI is InChI=1S/C10H12FNO2/c11-9-2-1-7(5-10(9)12)14-8-3-4-13-6-8/h1-2,5,8H,3-4,6,12H2. The minimum Gasteiger partial charge on any atom is -0.488 e. The van der Waals surface area contributed by atoms with Gasteiger partial charge in [-0.05, 0) is 12.1 Å². The topological polar surface area (TPSA) is 44.5 Å². The molecule has 1 unspecified atom stereocenters. The van der Waals surface area contributed by atoms with Crippen molar-refractivity contribution in [3.63, 3.8) is 0 Å². The Morgan fingerprint density at radius 2 is 2.36 bits per heavy atom. The molecule has 1 aliphatic heterocycles. The lowest BCUT2D eigenvalue weighted by molar-refractivity contribution is 0.141. The molecule has 0 spiro atoms. The fraction of sp³-hybridized carbons (Fsp3) is 0.400. The van der Waals surface area contributed by atoms with Crippen molar-refractivity contribution in [3.05, 3.63) is 24.0 Å². The zero-order valence-electron chi connectivity index (χ0n) is 7.70.